The third-order valence-electron chi connectivity index (χ3n) is 4.88. The lowest BCUT2D eigenvalue weighted by Gasteiger charge is -2.40. The number of fused-ring (bicyclic) bond motifs is 1. The number of nitrogens with two attached hydrogens (primary N) is 1. The molecule has 2 aromatic rings. The minimum atomic E-state index is 0.341. The average molecular weight is 291 g/mol. The topological polar surface area (TPSA) is 43.3 Å². The zero-order valence-electron chi connectivity index (χ0n) is 12.7. The van der Waals surface area contributed by atoms with Crippen molar-refractivity contribution in [3.05, 3.63) is 23.5 Å². The average Bonchev–Trinajstić information content (AvgIpc) is 2.91. The molecule has 2 N–H and O–H groups in total. The Morgan fingerprint density at radius 1 is 1.40 bits per heavy atom. The molecule has 0 saturated heterocycles. The van der Waals surface area contributed by atoms with Crippen LogP contribution in [0.4, 0.5) is 0 Å². The third kappa shape index (κ3) is 2.77. The van der Waals surface area contributed by atoms with Gasteiger partial charge in [-0.15, -0.1) is 11.3 Å². The van der Waals surface area contributed by atoms with Crippen LogP contribution in [0, 0.1) is 17.3 Å². The summed E-state index contributed by atoms with van der Waals surface area (Å²) >= 11 is 1.70. The van der Waals surface area contributed by atoms with Crippen LogP contribution >= 0.6 is 11.3 Å². The second-order valence-electron chi connectivity index (χ2n) is 7.33. The van der Waals surface area contributed by atoms with Gasteiger partial charge in [0.15, 0.2) is 4.96 Å². The molecular formula is C16H25N3S. The van der Waals surface area contributed by atoms with E-state index in [4.69, 9.17) is 10.7 Å². The largest absolute Gasteiger partial charge is 0.327 e. The first-order valence-corrected chi connectivity index (χ1v) is 8.48. The summed E-state index contributed by atoms with van der Waals surface area (Å²) in [5.41, 5.74) is 7.97. The Morgan fingerprint density at radius 3 is 2.90 bits per heavy atom. The zero-order valence-corrected chi connectivity index (χ0v) is 13.5. The maximum absolute atomic E-state index is 6.37. The number of hydrogen-bond donors (Lipinski definition) is 1. The van der Waals surface area contributed by atoms with Crippen molar-refractivity contribution in [3.63, 3.8) is 0 Å². The molecule has 0 amide bonds. The van der Waals surface area contributed by atoms with Crippen LogP contribution in [0.5, 0.6) is 0 Å². The molecule has 3 nitrogen and oxygen atoms in total. The highest BCUT2D eigenvalue weighted by Crippen LogP contribution is 2.40. The van der Waals surface area contributed by atoms with E-state index in [1.165, 1.54) is 18.5 Å². The molecule has 0 radical (unpaired) electrons. The summed E-state index contributed by atoms with van der Waals surface area (Å²) in [6.45, 7) is 7.08. The standard InChI is InChI=1S/C16H25N3S/c1-16(2,3)12-4-5-14(17)11(8-12)9-13-10-19-6-7-20-15(19)18-13/h6-7,10-12,14H,4-5,8-9,17H2,1-3H3. The van der Waals surface area contributed by atoms with Crippen LogP contribution in [-0.4, -0.2) is 15.4 Å². The molecule has 0 spiro atoms. The molecular weight excluding hydrogens is 266 g/mol. The molecule has 110 valence electrons. The number of aromatic nitrogens is 2. The highest BCUT2D eigenvalue weighted by molar-refractivity contribution is 7.15. The Balaban J connectivity index is 1.73. The van der Waals surface area contributed by atoms with Crippen LogP contribution in [-0.2, 0) is 6.42 Å². The first kappa shape index (κ1) is 14.1. The molecule has 0 aromatic carbocycles. The predicted octanol–water partition coefficient (Wildman–Crippen LogP) is 3.73. The van der Waals surface area contributed by atoms with Crippen LogP contribution in [0.1, 0.15) is 45.7 Å². The highest BCUT2D eigenvalue weighted by atomic mass is 32.1. The van der Waals surface area contributed by atoms with Crippen LogP contribution in [0.25, 0.3) is 4.96 Å². The second-order valence-corrected chi connectivity index (χ2v) is 8.20. The molecule has 0 aliphatic heterocycles. The van der Waals surface area contributed by atoms with Crippen molar-refractivity contribution >= 4 is 16.3 Å². The Bertz CT molecular complexity index is 549. The summed E-state index contributed by atoms with van der Waals surface area (Å²) in [6.07, 6.45) is 8.96. The molecule has 3 atom stereocenters. The Labute approximate surface area is 125 Å². The van der Waals surface area contributed by atoms with Crippen LogP contribution in [0.15, 0.2) is 17.8 Å². The first-order chi connectivity index (χ1) is 9.43. The van der Waals surface area contributed by atoms with Gasteiger partial charge in [0.1, 0.15) is 0 Å². The third-order valence-corrected chi connectivity index (χ3v) is 5.65. The summed E-state index contributed by atoms with van der Waals surface area (Å²) in [5, 5.41) is 2.08. The van der Waals surface area contributed by atoms with Crippen LogP contribution < -0.4 is 5.73 Å². The number of hydrogen-bond acceptors (Lipinski definition) is 3. The fraction of sp³-hybridized carbons (Fsp3) is 0.688. The van der Waals surface area contributed by atoms with Gasteiger partial charge in [0, 0.05) is 23.8 Å². The van der Waals surface area contributed by atoms with Crippen molar-refractivity contribution in [3.8, 4) is 0 Å². The lowest BCUT2D eigenvalue weighted by atomic mass is 9.67. The normalized spacial score (nSPS) is 28.1. The fourth-order valence-electron chi connectivity index (χ4n) is 3.45. The number of nitrogens with zero attached hydrogens (tertiary/aromatic N) is 2. The summed E-state index contributed by atoms with van der Waals surface area (Å²) in [4.78, 5) is 5.81. The molecule has 3 rings (SSSR count). The highest BCUT2D eigenvalue weighted by Gasteiger charge is 2.34. The van der Waals surface area contributed by atoms with Crippen LogP contribution in [0.3, 0.4) is 0 Å². The van der Waals surface area contributed by atoms with Gasteiger partial charge in [-0.2, -0.15) is 0 Å². The summed E-state index contributed by atoms with van der Waals surface area (Å²) in [7, 11) is 0. The smallest absolute Gasteiger partial charge is 0.193 e. The molecule has 1 fully saturated rings. The lowest BCUT2D eigenvalue weighted by Crippen LogP contribution is -2.40. The van der Waals surface area contributed by atoms with Gasteiger partial charge in [-0.1, -0.05) is 20.8 Å². The minimum absolute atomic E-state index is 0.341. The maximum Gasteiger partial charge on any atom is 0.193 e. The van der Waals surface area contributed by atoms with Crippen LogP contribution in [0.2, 0.25) is 0 Å². The monoisotopic (exact) mass is 291 g/mol. The van der Waals surface area contributed by atoms with Gasteiger partial charge in [-0.25, -0.2) is 4.98 Å². The summed E-state index contributed by atoms with van der Waals surface area (Å²) in [6, 6.07) is 0.341. The van der Waals surface area contributed by atoms with Gasteiger partial charge >= 0.3 is 0 Å². The molecule has 1 saturated carbocycles. The van der Waals surface area contributed by atoms with Crippen molar-refractivity contribution in [1.29, 1.82) is 0 Å². The van der Waals surface area contributed by atoms with E-state index in [2.05, 4.69) is 42.9 Å². The van der Waals surface area contributed by atoms with Crippen molar-refractivity contribution in [2.45, 2.75) is 52.5 Å². The van der Waals surface area contributed by atoms with Crippen molar-refractivity contribution < 1.29 is 0 Å². The van der Waals surface area contributed by atoms with Crippen molar-refractivity contribution in [2.75, 3.05) is 0 Å². The second kappa shape index (κ2) is 5.15. The molecule has 1 aliphatic carbocycles. The zero-order chi connectivity index (χ0) is 14.3. The molecule has 3 unspecified atom stereocenters. The van der Waals surface area contributed by atoms with E-state index < -0.39 is 0 Å². The maximum atomic E-state index is 6.37. The SMILES string of the molecule is CC(C)(C)C1CCC(N)C(Cc2cn3ccsc3n2)C1. The number of imidazole rings is 1. The Morgan fingerprint density at radius 2 is 2.20 bits per heavy atom. The van der Waals surface area contributed by atoms with Crippen molar-refractivity contribution in [1.82, 2.24) is 9.38 Å². The molecule has 4 heteroatoms. The van der Waals surface area contributed by atoms with Gasteiger partial charge in [0.25, 0.3) is 0 Å². The molecule has 0 bridgehead atoms. The van der Waals surface area contributed by atoms with E-state index in [0.29, 0.717) is 17.4 Å². The Hall–Kier alpha value is -0.870. The quantitative estimate of drug-likeness (QED) is 0.916. The number of rotatable bonds is 2. The van der Waals surface area contributed by atoms with Gasteiger partial charge in [0.05, 0.1) is 5.69 Å². The van der Waals surface area contributed by atoms with E-state index in [0.717, 1.165) is 23.7 Å². The van der Waals surface area contributed by atoms with E-state index in [1.54, 1.807) is 11.3 Å². The summed E-state index contributed by atoms with van der Waals surface area (Å²) < 4.78 is 2.12. The van der Waals surface area contributed by atoms with E-state index in [1.807, 2.05) is 0 Å². The molecule has 2 heterocycles. The van der Waals surface area contributed by atoms with Gasteiger partial charge in [-0.3, -0.25) is 4.40 Å². The van der Waals surface area contributed by atoms with E-state index in [9.17, 15) is 0 Å². The fourth-order valence-corrected chi connectivity index (χ4v) is 4.17. The Kier molecular flexibility index (Phi) is 3.63. The van der Waals surface area contributed by atoms with Gasteiger partial charge in [-0.05, 0) is 42.9 Å². The molecule has 2 aromatic heterocycles. The van der Waals surface area contributed by atoms with Gasteiger partial charge < -0.3 is 5.73 Å². The molecule has 20 heavy (non-hydrogen) atoms. The van der Waals surface area contributed by atoms with Crippen molar-refractivity contribution in [2.24, 2.45) is 23.0 Å². The van der Waals surface area contributed by atoms with Gasteiger partial charge in [0.2, 0.25) is 0 Å². The van der Waals surface area contributed by atoms with E-state index >= 15 is 0 Å². The summed E-state index contributed by atoms with van der Waals surface area (Å²) in [5.74, 6) is 1.37. The minimum Gasteiger partial charge on any atom is -0.327 e. The predicted molar refractivity (Wildman–Crippen MR) is 85.0 cm³/mol. The molecule has 1 aliphatic rings. The first-order valence-electron chi connectivity index (χ1n) is 7.60. The lowest BCUT2D eigenvalue weighted by molar-refractivity contribution is 0.126. The number of thiazole rings is 1. The van der Waals surface area contributed by atoms with E-state index in [-0.39, 0.29) is 0 Å².